The van der Waals surface area contributed by atoms with Gasteiger partial charge in [0.1, 0.15) is 0 Å². The SMILES string of the molecule is CC1CCc2c(NC3CCNCC3)n[nH]c2C1C. The first-order chi connectivity index (χ1) is 8.75. The number of nitrogens with zero attached hydrogens (tertiary/aromatic N) is 1. The molecule has 0 amide bonds. The smallest absolute Gasteiger partial charge is 0.151 e. The molecule has 0 radical (unpaired) electrons. The standard InChI is InChI=1S/C14H24N4/c1-9-3-4-12-13(10(9)2)17-18-14(12)16-11-5-7-15-8-6-11/h9-11,15H,3-8H2,1-2H3,(H2,16,17,18). The van der Waals surface area contributed by atoms with Gasteiger partial charge in [0.05, 0.1) is 0 Å². The van der Waals surface area contributed by atoms with Gasteiger partial charge in [-0.3, -0.25) is 5.10 Å². The fourth-order valence-corrected chi connectivity index (χ4v) is 3.19. The zero-order valence-electron chi connectivity index (χ0n) is 11.4. The highest BCUT2D eigenvalue weighted by Crippen LogP contribution is 2.37. The molecule has 0 spiro atoms. The van der Waals surface area contributed by atoms with E-state index in [0.717, 1.165) is 24.8 Å². The van der Waals surface area contributed by atoms with Crippen LogP contribution in [0.5, 0.6) is 0 Å². The quantitative estimate of drug-likeness (QED) is 0.752. The summed E-state index contributed by atoms with van der Waals surface area (Å²) in [5, 5.41) is 14.8. The average Bonchev–Trinajstić information content (AvgIpc) is 2.79. The molecule has 1 aromatic rings. The molecule has 2 aliphatic rings. The van der Waals surface area contributed by atoms with Crippen molar-refractivity contribution in [2.45, 2.75) is 51.5 Å². The molecule has 0 aromatic carbocycles. The first kappa shape index (κ1) is 12.0. The van der Waals surface area contributed by atoms with Crippen molar-refractivity contribution < 1.29 is 0 Å². The second-order valence-corrected chi connectivity index (χ2v) is 5.94. The van der Waals surface area contributed by atoms with E-state index < -0.39 is 0 Å². The van der Waals surface area contributed by atoms with E-state index >= 15 is 0 Å². The van der Waals surface area contributed by atoms with Gasteiger partial charge in [0.25, 0.3) is 0 Å². The molecule has 2 unspecified atom stereocenters. The summed E-state index contributed by atoms with van der Waals surface area (Å²) in [6.45, 7) is 6.90. The maximum absolute atomic E-state index is 4.52. The number of rotatable bonds is 2. The predicted molar refractivity (Wildman–Crippen MR) is 74.0 cm³/mol. The fraction of sp³-hybridized carbons (Fsp3) is 0.786. The van der Waals surface area contributed by atoms with Crippen molar-refractivity contribution in [2.24, 2.45) is 5.92 Å². The molecule has 1 aromatic heterocycles. The highest BCUT2D eigenvalue weighted by molar-refractivity contribution is 5.49. The lowest BCUT2D eigenvalue weighted by Crippen LogP contribution is -2.35. The summed E-state index contributed by atoms with van der Waals surface area (Å²) in [6.07, 6.45) is 4.86. The molecule has 0 saturated carbocycles. The Bertz CT molecular complexity index is 406. The lowest BCUT2D eigenvalue weighted by molar-refractivity contribution is 0.419. The van der Waals surface area contributed by atoms with Gasteiger partial charge in [-0.15, -0.1) is 0 Å². The van der Waals surface area contributed by atoms with Crippen molar-refractivity contribution in [1.82, 2.24) is 15.5 Å². The van der Waals surface area contributed by atoms with Crippen molar-refractivity contribution in [3.05, 3.63) is 11.3 Å². The largest absolute Gasteiger partial charge is 0.366 e. The molecule has 1 fully saturated rings. The average molecular weight is 248 g/mol. The monoisotopic (exact) mass is 248 g/mol. The number of hydrogen-bond acceptors (Lipinski definition) is 3. The van der Waals surface area contributed by atoms with Crippen LogP contribution in [-0.2, 0) is 6.42 Å². The minimum Gasteiger partial charge on any atom is -0.366 e. The van der Waals surface area contributed by atoms with E-state index in [-0.39, 0.29) is 0 Å². The second kappa shape index (κ2) is 4.92. The highest BCUT2D eigenvalue weighted by atomic mass is 15.2. The zero-order valence-corrected chi connectivity index (χ0v) is 11.4. The third kappa shape index (κ3) is 2.14. The summed E-state index contributed by atoms with van der Waals surface area (Å²) in [4.78, 5) is 0. The van der Waals surface area contributed by atoms with Gasteiger partial charge in [0.2, 0.25) is 0 Å². The predicted octanol–water partition coefficient (Wildman–Crippen LogP) is 2.26. The topological polar surface area (TPSA) is 52.7 Å². The Morgan fingerprint density at radius 1 is 1.17 bits per heavy atom. The summed E-state index contributed by atoms with van der Waals surface area (Å²) < 4.78 is 0. The van der Waals surface area contributed by atoms with E-state index in [1.54, 1.807) is 0 Å². The molecule has 1 aliphatic carbocycles. The van der Waals surface area contributed by atoms with Crippen LogP contribution < -0.4 is 10.6 Å². The summed E-state index contributed by atoms with van der Waals surface area (Å²) in [6, 6.07) is 0.591. The van der Waals surface area contributed by atoms with E-state index in [2.05, 4.69) is 34.7 Å². The van der Waals surface area contributed by atoms with Gasteiger partial charge in [-0.05, 0) is 44.7 Å². The van der Waals surface area contributed by atoms with E-state index in [0.29, 0.717) is 12.0 Å². The van der Waals surface area contributed by atoms with Crippen LogP contribution in [0.4, 0.5) is 5.82 Å². The lowest BCUT2D eigenvalue weighted by atomic mass is 9.80. The maximum Gasteiger partial charge on any atom is 0.151 e. The molecule has 2 heterocycles. The van der Waals surface area contributed by atoms with E-state index in [1.165, 1.54) is 36.9 Å². The third-order valence-corrected chi connectivity index (χ3v) is 4.74. The molecule has 4 nitrogen and oxygen atoms in total. The number of aromatic nitrogens is 2. The van der Waals surface area contributed by atoms with E-state index in [1.807, 2.05) is 0 Å². The van der Waals surface area contributed by atoms with Gasteiger partial charge in [0.15, 0.2) is 5.82 Å². The number of nitrogens with one attached hydrogen (secondary N) is 3. The van der Waals surface area contributed by atoms with Crippen LogP contribution in [-0.4, -0.2) is 29.3 Å². The first-order valence-corrected chi connectivity index (χ1v) is 7.30. The van der Waals surface area contributed by atoms with E-state index in [4.69, 9.17) is 0 Å². The molecule has 1 aliphatic heterocycles. The Balaban J connectivity index is 1.75. The second-order valence-electron chi connectivity index (χ2n) is 5.94. The Kier molecular flexibility index (Phi) is 3.29. The van der Waals surface area contributed by atoms with Crippen LogP contribution >= 0.6 is 0 Å². The molecule has 1 saturated heterocycles. The molecular weight excluding hydrogens is 224 g/mol. The zero-order chi connectivity index (χ0) is 12.5. The number of piperidine rings is 1. The summed E-state index contributed by atoms with van der Waals surface area (Å²) in [5.41, 5.74) is 2.81. The molecule has 18 heavy (non-hydrogen) atoms. The molecule has 2 atom stereocenters. The van der Waals surface area contributed by atoms with Crippen molar-refractivity contribution in [3.8, 4) is 0 Å². The third-order valence-electron chi connectivity index (χ3n) is 4.74. The van der Waals surface area contributed by atoms with E-state index in [9.17, 15) is 0 Å². The number of H-pyrrole nitrogens is 1. The van der Waals surface area contributed by atoms with Crippen LogP contribution in [0.1, 0.15) is 50.3 Å². The summed E-state index contributed by atoms with van der Waals surface area (Å²) >= 11 is 0. The number of aromatic amines is 1. The Morgan fingerprint density at radius 2 is 1.94 bits per heavy atom. The normalized spacial score (nSPS) is 29.0. The Hall–Kier alpha value is -1.03. The molecule has 0 bridgehead atoms. The Morgan fingerprint density at radius 3 is 2.72 bits per heavy atom. The van der Waals surface area contributed by atoms with Crippen LogP contribution in [0.3, 0.4) is 0 Å². The van der Waals surface area contributed by atoms with Crippen molar-refractivity contribution in [1.29, 1.82) is 0 Å². The summed E-state index contributed by atoms with van der Waals surface area (Å²) in [5.74, 6) is 2.50. The van der Waals surface area contributed by atoms with Crippen LogP contribution in [0.15, 0.2) is 0 Å². The molecule has 100 valence electrons. The minimum absolute atomic E-state index is 0.591. The van der Waals surface area contributed by atoms with Crippen molar-refractivity contribution in [2.75, 3.05) is 18.4 Å². The van der Waals surface area contributed by atoms with Gasteiger partial charge < -0.3 is 10.6 Å². The highest BCUT2D eigenvalue weighted by Gasteiger charge is 2.28. The number of hydrogen-bond donors (Lipinski definition) is 3. The number of fused-ring (bicyclic) bond motifs is 1. The minimum atomic E-state index is 0.591. The maximum atomic E-state index is 4.52. The first-order valence-electron chi connectivity index (χ1n) is 7.30. The van der Waals surface area contributed by atoms with Gasteiger partial charge in [-0.1, -0.05) is 13.8 Å². The fourth-order valence-electron chi connectivity index (χ4n) is 3.19. The van der Waals surface area contributed by atoms with Crippen molar-refractivity contribution >= 4 is 5.82 Å². The van der Waals surface area contributed by atoms with Gasteiger partial charge >= 0.3 is 0 Å². The molecule has 3 rings (SSSR count). The van der Waals surface area contributed by atoms with Crippen LogP contribution in [0.2, 0.25) is 0 Å². The number of anilines is 1. The molecule has 3 N–H and O–H groups in total. The Labute approximate surface area is 109 Å². The molecular formula is C14H24N4. The van der Waals surface area contributed by atoms with Crippen LogP contribution in [0, 0.1) is 5.92 Å². The van der Waals surface area contributed by atoms with Gasteiger partial charge in [0, 0.05) is 23.2 Å². The molecule has 4 heteroatoms. The van der Waals surface area contributed by atoms with Gasteiger partial charge in [-0.2, -0.15) is 5.10 Å². The van der Waals surface area contributed by atoms with Crippen LogP contribution in [0.25, 0.3) is 0 Å². The summed E-state index contributed by atoms with van der Waals surface area (Å²) in [7, 11) is 0. The lowest BCUT2D eigenvalue weighted by Gasteiger charge is -2.27. The van der Waals surface area contributed by atoms with Gasteiger partial charge in [-0.25, -0.2) is 0 Å². The van der Waals surface area contributed by atoms with Crippen molar-refractivity contribution in [3.63, 3.8) is 0 Å².